The van der Waals surface area contributed by atoms with Gasteiger partial charge in [0.2, 0.25) is 0 Å². The molecule has 2 nitrogen and oxygen atoms in total. The summed E-state index contributed by atoms with van der Waals surface area (Å²) in [5.41, 5.74) is 5.70. The fourth-order valence-corrected chi connectivity index (χ4v) is 2.17. The Kier molecular flexibility index (Phi) is 4.35. The van der Waals surface area contributed by atoms with Crippen LogP contribution in [0.4, 0.5) is 13.2 Å². The lowest BCUT2D eigenvalue weighted by atomic mass is 10.2. The summed E-state index contributed by atoms with van der Waals surface area (Å²) >= 11 is 3.32. The molecule has 0 radical (unpaired) electrons. The van der Waals surface area contributed by atoms with Crippen molar-refractivity contribution in [2.75, 3.05) is 0 Å². The molecular weight excluding hydrogens is 335 g/mol. The van der Waals surface area contributed by atoms with E-state index in [1.54, 1.807) is 12.1 Å². The molecule has 2 aromatic rings. The van der Waals surface area contributed by atoms with E-state index in [9.17, 15) is 13.2 Å². The van der Waals surface area contributed by atoms with Crippen LogP contribution in [0.2, 0.25) is 0 Å². The minimum absolute atomic E-state index is 0.332. The Bertz CT molecular complexity index is 596. The fourth-order valence-electron chi connectivity index (χ4n) is 1.65. The highest BCUT2D eigenvalue weighted by atomic mass is 79.9. The van der Waals surface area contributed by atoms with Crippen molar-refractivity contribution in [1.29, 1.82) is 0 Å². The third-order valence-electron chi connectivity index (χ3n) is 2.58. The van der Waals surface area contributed by atoms with Gasteiger partial charge in [-0.3, -0.25) is 0 Å². The topological polar surface area (TPSA) is 35.2 Å². The van der Waals surface area contributed by atoms with Crippen molar-refractivity contribution in [3.63, 3.8) is 0 Å². The summed E-state index contributed by atoms with van der Waals surface area (Å²) in [6.45, 7) is 0.350. The number of alkyl halides is 3. The minimum Gasteiger partial charge on any atom is -0.457 e. The number of ether oxygens (including phenoxy) is 1. The van der Waals surface area contributed by atoms with E-state index in [1.807, 2.05) is 6.07 Å². The van der Waals surface area contributed by atoms with Crippen LogP contribution in [-0.4, -0.2) is 0 Å². The van der Waals surface area contributed by atoms with Crippen LogP contribution in [0.15, 0.2) is 46.9 Å². The molecule has 0 aliphatic heterocycles. The molecular formula is C14H11BrF3NO. The molecule has 0 spiro atoms. The molecule has 0 bridgehead atoms. The lowest BCUT2D eigenvalue weighted by molar-refractivity contribution is -0.137. The molecule has 0 atom stereocenters. The second kappa shape index (κ2) is 5.85. The molecule has 106 valence electrons. The van der Waals surface area contributed by atoms with Gasteiger partial charge < -0.3 is 10.5 Å². The van der Waals surface area contributed by atoms with Crippen LogP contribution in [0.25, 0.3) is 0 Å². The zero-order chi connectivity index (χ0) is 14.8. The van der Waals surface area contributed by atoms with Gasteiger partial charge in [0.05, 0.1) is 5.56 Å². The number of hydrogen-bond donors (Lipinski definition) is 1. The lowest BCUT2D eigenvalue weighted by Crippen LogP contribution is -2.04. The second-order valence-corrected chi connectivity index (χ2v) is 5.04. The number of rotatable bonds is 3. The number of halogens is 4. The Morgan fingerprint density at radius 1 is 1.00 bits per heavy atom. The lowest BCUT2D eigenvalue weighted by Gasteiger charge is -2.10. The van der Waals surface area contributed by atoms with Gasteiger partial charge in [-0.25, -0.2) is 0 Å². The fraction of sp³-hybridized carbons (Fsp3) is 0.143. The van der Waals surface area contributed by atoms with Crippen LogP contribution >= 0.6 is 15.9 Å². The summed E-state index contributed by atoms with van der Waals surface area (Å²) in [4.78, 5) is 0. The molecule has 20 heavy (non-hydrogen) atoms. The van der Waals surface area contributed by atoms with Gasteiger partial charge in [-0.05, 0) is 48.0 Å². The molecule has 0 amide bonds. The van der Waals surface area contributed by atoms with Crippen LogP contribution in [0.1, 0.15) is 11.1 Å². The van der Waals surface area contributed by atoms with Gasteiger partial charge in [0.1, 0.15) is 11.5 Å². The van der Waals surface area contributed by atoms with Crippen LogP contribution in [0, 0.1) is 0 Å². The maximum Gasteiger partial charge on any atom is 0.416 e. The van der Waals surface area contributed by atoms with E-state index in [-0.39, 0.29) is 0 Å². The number of benzene rings is 2. The zero-order valence-corrected chi connectivity index (χ0v) is 11.8. The quantitative estimate of drug-likeness (QED) is 0.873. The highest BCUT2D eigenvalue weighted by Crippen LogP contribution is 2.32. The summed E-state index contributed by atoms with van der Waals surface area (Å²) < 4.78 is 43.6. The molecule has 6 heteroatoms. The third kappa shape index (κ3) is 3.74. The van der Waals surface area contributed by atoms with Crippen LogP contribution in [0.5, 0.6) is 11.5 Å². The Hall–Kier alpha value is -1.53. The molecule has 2 aromatic carbocycles. The predicted octanol–water partition coefficient (Wildman–Crippen LogP) is 4.72. The normalized spacial score (nSPS) is 11.4. The summed E-state index contributed by atoms with van der Waals surface area (Å²) in [7, 11) is 0. The highest BCUT2D eigenvalue weighted by Gasteiger charge is 2.30. The van der Waals surface area contributed by atoms with Crippen molar-refractivity contribution < 1.29 is 17.9 Å². The van der Waals surface area contributed by atoms with E-state index in [4.69, 9.17) is 10.5 Å². The van der Waals surface area contributed by atoms with E-state index in [0.717, 1.165) is 22.2 Å². The SMILES string of the molecule is NCc1cc(Br)cc(Oc2ccc(C(F)(F)F)cc2)c1. The average Bonchev–Trinajstić information content (AvgIpc) is 2.37. The first-order chi connectivity index (χ1) is 9.38. The van der Waals surface area contributed by atoms with Gasteiger partial charge >= 0.3 is 6.18 Å². The first kappa shape index (κ1) is 14.9. The van der Waals surface area contributed by atoms with Gasteiger partial charge in [-0.2, -0.15) is 13.2 Å². The minimum atomic E-state index is -4.35. The summed E-state index contributed by atoms with van der Waals surface area (Å²) in [6.07, 6.45) is -4.35. The second-order valence-electron chi connectivity index (χ2n) is 4.12. The van der Waals surface area contributed by atoms with Gasteiger partial charge in [0.15, 0.2) is 0 Å². The van der Waals surface area contributed by atoms with E-state index >= 15 is 0 Å². The molecule has 0 aliphatic carbocycles. The molecule has 0 heterocycles. The van der Waals surface area contributed by atoms with E-state index in [1.165, 1.54) is 12.1 Å². The monoisotopic (exact) mass is 345 g/mol. The number of hydrogen-bond acceptors (Lipinski definition) is 2. The van der Waals surface area contributed by atoms with Crippen molar-refractivity contribution in [2.24, 2.45) is 5.73 Å². The Labute approximate surface area is 122 Å². The van der Waals surface area contributed by atoms with Crippen LogP contribution in [-0.2, 0) is 12.7 Å². The third-order valence-corrected chi connectivity index (χ3v) is 3.04. The van der Waals surface area contributed by atoms with E-state index in [2.05, 4.69) is 15.9 Å². The van der Waals surface area contributed by atoms with Gasteiger partial charge in [-0.15, -0.1) is 0 Å². The first-order valence-electron chi connectivity index (χ1n) is 5.73. The molecule has 0 aromatic heterocycles. The Morgan fingerprint density at radius 2 is 1.65 bits per heavy atom. The summed E-state index contributed by atoms with van der Waals surface area (Å²) in [6, 6.07) is 9.84. The average molecular weight is 346 g/mol. The summed E-state index contributed by atoms with van der Waals surface area (Å²) in [5.74, 6) is 0.846. The van der Waals surface area contributed by atoms with Crippen molar-refractivity contribution in [3.8, 4) is 11.5 Å². The van der Waals surface area contributed by atoms with Crippen molar-refractivity contribution in [1.82, 2.24) is 0 Å². The smallest absolute Gasteiger partial charge is 0.416 e. The molecule has 2 rings (SSSR count). The van der Waals surface area contributed by atoms with Gasteiger partial charge in [0, 0.05) is 11.0 Å². The largest absolute Gasteiger partial charge is 0.457 e. The predicted molar refractivity (Wildman–Crippen MR) is 73.6 cm³/mol. The van der Waals surface area contributed by atoms with Gasteiger partial charge in [0.25, 0.3) is 0 Å². The van der Waals surface area contributed by atoms with E-state index < -0.39 is 11.7 Å². The molecule has 0 fully saturated rings. The van der Waals surface area contributed by atoms with Gasteiger partial charge in [-0.1, -0.05) is 15.9 Å². The highest BCUT2D eigenvalue weighted by molar-refractivity contribution is 9.10. The van der Waals surface area contributed by atoms with Crippen molar-refractivity contribution in [3.05, 3.63) is 58.1 Å². The molecule has 0 saturated heterocycles. The van der Waals surface area contributed by atoms with E-state index in [0.29, 0.717) is 18.0 Å². The summed E-state index contributed by atoms with van der Waals surface area (Å²) in [5, 5.41) is 0. The Balaban J connectivity index is 2.20. The standard InChI is InChI=1S/C14H11BrF3NO/c15-11-5-9(8-19)6-13(7-11)20-12-3-1-10(2-4-12)14(16,17)18/h1-7H,8,19H2. The molecule has 0 aliphatic rings. The van der Waals surface area contributed by atoms with Crippen molar-refractivity contribution in [2.45, 2.75) is 12.7 Å². The molecule has 0 saturated carbocycles. The first-order valence-corrected chi connectivity index (χ1v) is 6.52. The van der Waals surface area contributed by atoms with Crippen LogP contribution in [0.3, 0.4) is 0 Å². The Morgan fingerprint density at radius 3 is 2.20 bits per heavy atom. The maximum atomic E-state index is 12.4. The van der Waals surface area contributed by atoms with Crippen molar-refractivity contribution >= 4 is 15.9 Å². The van der Waals surface area contributed by atoms with Crippen LogP contribution < -0.4 is 10.5 Å². The number of nitrogens with two attached hydrogens (primary N) is 1. The zero-order valence-electron chi connectivity index (χ0n) is 10.2. The maximum absolute atomic E-state index is 12.4. The molecule has 0 unspecified atom stereocenters. The molecule has 2 N–H and O–H groups in total.